The molecule has 4 heteroatoms. The molecule has 3 nitrogen and oxygen atoms in total. The Labute approximate surface area is 126 Å². The quantitative estimate of drug-likeness (QED) is 0.781. The molecule has 0 atom stereocenters. The second-order valence-corrected chi connectivity index (χ2v) is 6.61. The van der Waals surface area contributed by atoms with Crippen molar-refractivity contribution in [1.82, 2.24) is 0 Å². The van der Waals surface area contributed by atoms with Gasteiger partial charge in [-0.1, -0.05) is 22.0 Å². The molecule has 1 aromatic carbocycles. The van der Waals surface area contributed by atoms with Gasteiger partial charge in [-0.25, -0.2) is 4.79 Å². The van der Waals surface area contributed by atoms with Crippen molar-refractivity contribution in [2.75, 3.05) is 0 Å². The molecule has 1 fully saturated rings. The van der Waals surface area contributed by atoms with Crippen molar-refractivity contribution < 1.29 is 14.6 Å². The van der Waals surface area contributed by atoms with E-state index in [0.29, 0.717) is 5.57 Å². The number of hydrogen-bond donors (Lipinski definition) is 1. The molecule has 1 aromatic rings. The van der Waals surface area contributed by atoms with Gasteiger partial charge in [0, 0.05) is 10.0 Å². The van der Waals surface area contributed by atoms with Gasteiger partial charge in [-0.3, -0.25) is 0 Å². The van der Waals surface area contributed by atoms with Crippen molar-refractivity contribution >= 4 is 27.5 Å². The Balaban J connectivity index is 2.19. The van der Waals surface area contributed by atoms with E-state index in [2.05, 4.69) is 15.9 Å². The van der Waals surface area contributed by atoms with Crippen molar-refractivity contribution in [2.24, 2.45) is 0 Å². The van der Waals surface area contributed by atoms with Crippen LogP contribution >= 0.6 is 15.9 Å². The van der Waals surface area contributed by atoms with Crippen molar-refractivity contribution in [3.05, 3.63) is 39.1 Å². The summed E-state index contributed by atoms with van der Waals surface area (Å²) in [6.07, 6.45) is 3.41. The number of benzene rings is 1. The lowest BCUT2D eigenvalue weighted by Crippen LogP contribution is -2.27. The second kappa shape index (κ2) is 4.62. The molecular weight excluding hydrogens is 320 g/mol. The van der Waals surface area contributed by atoms with Gasteiger partial charge in [-0.05, 0) is 56.7 Å². The van der Waals surface area contributed by atoms with Crippen LogP contribution in [0, 0.1) is 13.8 Å². The molecule has 3 rings (SSSR count). The predicted octanol–water partition coefficient (Wildman–Crippen LogP) is 4.20. The maximum absolute atomic E-state index is 12.3. The lowest BCUT2D eigenvalue weighted by Gasteiger charge is -2.21. The summed E-state index contributed by atoms with van der Waals surface area (Å²) < 4.78 is 6.37. The van der Waals surface area contributed by atoms with Gasteiger partial charge in [0.05, 0.1) is 0 Å². The highest BCUT2D eigenvalue weighted by atomic mass is 79.9. The molecule has 2 aliphatic rings. The van der Waals surface area contributed by atoms with E-state index in [1.165, 1.54) is 0 Å². The summed E-state index contributed by atoms with van der Waals surface area (Å²) in [4.78, 5) is 12.3. The van der Waals surface area contributed by atoms with Crippen LogP contribution in [0.4, 0.5) is 0 Å². The number of ether oxygens (including phenoxy) is 1. The van der Waals surface area contributed by atoms with E-state index in [4.69, 9.17) is 4.74 Å². The number of hydrogen-bond acceptors (Lipinski definition) is 3. The summed E-state index contributed by atoms with van der Waals surface area (Å²) in [5.74, 6) is -0.287. The van der Waals surface area contributed by atoms with Gasteiger partial charge in [0.2, 0.25) is 0 Å². The van der Waals surface area contributed by atoms with E-state index in [9.17, 15) is 9.90 Å². The minimum absolute atomic E-state index is 0.118. The summed E-state index contributed by atoms with van der Waals surface area (Å²) in [5, 5.41) is 10.6. The van der Waals surface area contributed by atoms with E-state index in [1.54, 1.807) is 0 Å². The number of aliphatic hydroxyl groups is 1. The van der Waals surface area contributed by atoms with E-state index < -0.39 is 11.6 Å². The lowest BCUT2D eigenvalue weighted by molar-refractivity contribution is -0.146. The molecule has 106 valence electrons. The number of esters is 1. The van der Waals surface area contributed by atoms with E-state index >= 15 is 0 Å². The van der Waals surface area contributed by atoms with Gasteiger partial charge in [0.15, 0.2) is 11.4 Å². The van der Waals surface area contributed by atoms with Crippen LogP contribution in [0.3, 0.4) is 0 Å². The van der Waals surface area contributed by atoms with Gasteiger partial charge in [-0.2, -0.15) is 0 Å². The van der Waals surface area contributed by atoms with Crippen LogP contribution in [0.5, 0.6) is 0 Å². The number of carbonyl (C=O) groups is 1. The van der Waals surface area contributed by atoms with Gasteiger partial charge >= 0.3 is 5.97 Å². The first-order chi connectivity index (χ1) is 9.44. The van der Waals surface area contributed by atoms with Gasteiger partial charge in [0.1, 0.15) is 5.57 Å². The Bertz CT molecular complexity index is 602. The van der Waals surface area contributed by atoms with Gasteiger partial charge < -0.3 is 9.84 Å². The number of aryl methyl sites for hydroxylation is 2. The highest BCUT2D eigenvalue weighted by Crippen LogP contribution is 2.48. The molecule has 0 unspecified atom stereocenters. The van der Waals surface area contributed by atoms with Crippen molar-refractivity contribution in [1.29, 1.82) is 0 Å². The van der Waals surface area contributed by atoms with Gasteiger partial charge in [-0.15, -0.1) is 0 Å². The summed E-state index contributed by atoms with van der Waals surface area (Å²) in [5.41, 5.74) is 2.40. The third-order valence-electron chi connectivity index (χ3n) is 4.25. The van der Waals surface area contributed by atoms with Crippen molar-refractivity contribution in [2.45, 2.75) is 45.1 Å². The number of rotatable bonds is 1. The number of halogens is 1. The lowest BCUT2D eigenvalue weighted by atomic mass is 9.93. The smallest absolute Gasteiger partial charge is 0.343 e. The molecule has 1 heterocycles. The summed E-state index contributed by atoms with van der Waals surface area (Å²) in [6, 6.07) is 3.96. The van der Waals surface area contributed by atoms with Crippen molar-refractivity contribution in [3.63, 3.8) is 0 Å². The van der Waals surface area contributed by atoms with Crippen LogP contribution < -0.4 is 0 Å². The Morgan fingerprint density at radius 2 is 1.90 bits per heavy atom. The number of aliphatic hydroxyl groups excluding tert-OH is 1. The SMILES string of the molecule is Cc1cc(C)c(C2=C(O)C3(CCCC3)OC2=O)c(Br)c1. The maximum atomic E-state index is 12.3. The first-order valence-corrected chi connectivity index (χ1v) is 7.68. The minimum Gasteiger partial charge on any atom is -0.507 e. The summed E-state index contributed by atoms with van der Waals surface area (Å²) in [6.45, 7) is 3.95. The standard InChI is InChI=1S/C16H17BrO3/c1-9-7-10(2)12(11(17)8-9)13-14(18)16(20-15(13)19)5-3-4-6-16/h7-8,18H,3-6H2,1-2H3. The maximum Gasteiger partial charge on any atom is 0.343 e. The highest BCUT2D eigenvalue weighted by Gasteiger charge is 2.50. The van der Waals surface area contributed by atoms with E-state index in [0.717, 1.165) is 46.8 Å². The van der Waals surface area contributed by atoms with Crippen LogP contribution in [-0.2, 0) is 9.53 Å². The molecule has 0 aromatic heterocycles. The third-order valence-corrected chi connectivity index (χ3v) is 4.88. The third kappa shape index (κ3) is 1.89. The first kappa shape index (κ1) is 13.7. The van der Waals surface area contributed by atoms with E-state index in [1.807, 2.05) is 26.0 Å². The monoisotopic (exact) mass is 336 g/mol. The highest BCUT2D eigenvalue weighted by molar-refractivity contribution is 9.10. The molecular formula is C16H17BrO3. The molecule has 1 N–H and O–H groups in total. The molecule has 0 radical (unpaired) electrons. The summed E-state index contributed by atoms with van der Waals surface area (Å²) in [7, 11) is 0. The topological polar surface area (TPSA) is 46.5 Å². The average Bonchev–Trinajstić information content (AvgIpc) is 2.89. The fourth-order valence-electron chi connectivity index (χ4n) is 3.34. The molecule has 20 heavy (non-hydrogen) atoms. The average molecular weight is 337 g/mol. The molecule has 1 spiro atoms. The zero-order chi connectivity index (χ0) is 14.5. The molecule has 1 aliphatic carbocycles. The van der Waals surface area contributed by atoms with Gasteiger partial charge in [0.25, 0.3) is 0 Å². The van der Waals surface area contributed by atoms with Crippen LogP contribution in [0.15, 0.2) is 22.4 Å². The first-order valence-electron chi connectivity index (χ1n) is 6.89. The Hall–Kier alpha value is -1.29. The van der Waals surface area contributed by atoms with E-state index in [-0.39, 0.29) is 5.76 Å². The van der Waals surface area contributed by atoms with Crippen LogP contribution in [0.2, 0.25) is 0 Å². The molecule has 0 bridgehead atoms. The second-order valence-electron chi connectivity index (χ2n) is 5.75. The molecule has 0 amide bonds. The summed E-state index contributed by atoms with van der Waals surface area (Å²) >= 11 is 3.51. The zero-order valence-electron chi connectivity index (χ0n) is 11.6. The fourth-order valence-corrected chi connectivity index (χ4v) is 4.21. The largest absolute Gasteiger partial charge is 0.507 e. The van der Waals surface area contributed by atoms with Crippen molar-refractivity contribution in [3.8, 4) is 0 Å². The Morgan fingerprint density at radius 3 is 2.50 bits per heavy atom. The minimum atomic E-state index is -0.761. The Kier molecular flexibility index (Phi) is 3.16. The zero-order valence-corrected chi connectivity index (χ0v) is 13.2. The van der Waals surface area contributed by atoms with Crippen LogP contribution in [0.1, 0.15) is 42.4 Å². The molecule has 1 aliphatic heterocycles. The fraction of sp³-hybridized carbons (Fsp3) is 0.438. The molecule has 1 saturated carbocycles. The normalized spacial score (nSPS) is 20.9. The predicted molar refractivity (Wildman–Crippen MR) is 80.5 cm³/mol. The van der Waals surface area contributed by atoms with Crippen LogP contribution in [-0.4, -0.2) is 16.7 Å². The van der Waals surface area contributed by atoms with Crippen LogP contribution in [0.25, 0.3) is 5.57 Å². The number of carbonyl (C=O) groups excluding carboxylic acids is 1. The Morgan fingerprint density at radius 1 is 1.25 bits per heavy atom. The molecule has 0 saturated heterocycles.